The van der Waals surface area contributed by atoms with Crippen LogP contribution in [-0.4, -0.2) is 24.9 Å². The lowest BCUT2D eigenvalue weighted by atomic mass is 9.93. The van der Waals surface area contributed by atoms with Crippen LogP contribution in [0, 0.1) is 13.8 Å². The highest BCUT2D eigenvalue weighted by atomic mass is 16.4. The Morgan fingerprint density at radius 2 is 1.86 bits per heavy atom. The van der Waals surface area contributed by atoms with Crippen LogP contribution in [0.15, 0.2) is 50.7 Å². The molecule has 0 bridgehead atoms. The third-order valence-electron chi connectivity index (χ3n) is 5.25. The second-order valence-corrected chi connectivity index (χ2v) is 7.47. The molecule has 6 heteroatoms. The lowest BCUT2D eigenvalue weighted by Gasteiger charge is -2.15. The molecule has 28 heavy (non-hydrogen) atoms. The highest BCUT2D eigenvalue weighted by Gasteiger charge is 2.26. The molecule has 4 rings (SSSR count). The Balaban J connectivity index is 1.69. The van der Waals surface area contributed by atoms with Crippen LogP contribution in [-0.2, 0) is 0 Å². The van der Waals surface area contributed by atoms with Gasteiger partial charge in [0.25, 0.3) is 0 Å². The molecule has 144 valence electrons. The van der Waals surface area contributed by atoms with Gasteiger partial charge in [-0.2, -0.15) is 5.10 Å². The number of fused-ring (bicyclic) bond motifs is 1. The van der Waals surface area contributed by atoms with E-state index in [2.05, 4.69) is 39.7 Å². The summed E-state index contributed by atoms with van der Waals surface area (Å²) in [6, 6.07) is 11.6. The maximum absolute atomic E-state index is 11.6. The second kappa shape index (κ2) is 6.71. The summed E-state index contributed by atoms with van der Waals surface area (Å²) in [5.41, 5.74) is 8.45. The molecule has 0 saturated carbocycles. The van der Waals surface area contributed by atoms with E-state index in [1.54, 1.807) is 13.0 Å². The number of rotatable bonds is 3. The van der Waals surface area contributed by atoms with Gasteiger partial charge in [-0.3, -0.25) is 0 Å². The predicted molar refractivity (Wildman–Crippen MR) is 111 cm³/mol. The zero-order valence-electron chi connectivity index (χ0n) is 16.4. The average Bonchev–Trinajstić information content (AvgIpc) is 3.10. The van der Waals surface area contributed by atoms with E-state index in [0.29, 0.717) is 28.5 Å². The van der Waals surface area contributed by atoms with Crippen molar-refractivity contribution in [1.82, 2.24) is 5.43 Å². The molecule has 0 unspecified atom stereocenters. The topological polar surface area (TPSA) is 78.1 Å². The molecule has 2 aromatic carbocycles. The molecule has 1 aliphatic rings. The number of nitrogens with zero attached hydrogens (tertiary/aromatic N) is 2. The fourth-order valence-corrected chi connectivity index (χ4v) is 3.78. The minimum absolute atomic E-state index is 0.0514. The molecular formula is C22H23N3O3. The number of hydrazone groups is 1. The molecule has 0 radical (unpaired) electrons. The maximum atomic E-state index is 11.6. The molecule has 6 nitrogen and oxygen atoms in total. The van der Waals surface area contributed by atoms with Gasteiger partial charge in [0, 0.05) is 37.8 Å². The van der Waals surface area contributed by atoms with E-state index in [1.807, 2.05) is 21.0 Å². The van der Waals surface area contributed by atoms with Crippen molar-refractivity contribution in [3.05, 3.63) is 69.1 Å². The number of anilines is 1. The van der Waals surface area contributed by atoms with Gasteiger partial charge in [0.2, 0.25) is 0 Å². The van der Waals surface area contributed by atoms with Gasteiger partial charge in [-0.1, -0.05) is 12.1 Å². The molecule has 1 aliphatic heterocycles. The summed E-state index contributed by atoms with van der Waals surface area (Å²) in [5.74, 6) is 0.111. The standard InChI is InChI=1S/C22H23N3O3/c1-12-9-18-21(13(2)10-19(26)28-18)22(27)20(12)17-11-16(23-24-17)14-5-7-15(8-6-14)25(3)4/h5-10,16,23,27H,11H2,1-4H3/t16-/m1/s1. The summed E-state index contributed by atoms with van der Waals surface area (Å²) in [7, 11) is 4.03. The maximum Gasteiger partial charge on any atom is 0.336 e. The third kappa shape index (κ3) is 3.01. The van der Waals surface area contributed by atoms with E-state index in [1.165, 1.54) is 6.07 Å². The van der Waals surface area contributed by atoms with E-state index in [-0.39, 0.29) is 11.8 Å². The van der Waals surface area contributed by atoms with Crippen molar-refractivity contribution in [3.8, 4) is 5.75 Å². The number of benzene rings is 2. The van der Waals surface area contributed by atoms with Crippen LogP contribution >= 0.6 is 0 Å². The van der Waals surface area contributed by atoms with E-state index < -0.39 is 5.63 Å². The summed E-state index contributed by atoms with van der Waals surface area (Å²) in [4.78, 5) is 13.7. The van der Waals surface area contributed by atoms with E-state index in [4.69, 9.17) is 4.42 Å². The number of phenolic OH excluding ortho intramolecular Hbond substituents is 1. The molecule has 0 fully saturated rings. The van der Waals surface area contributed by atoms with Crippen LogP contribution in [0.4, 0.5) is 5.69 Å². The van der Waals surface area contributed by atoms with Crippen molar-refractivity contribution < 1.29 is 9.52 Å². The third-order valence-corrected chi connectivity index (χ3v) is 5.25. The van der Waals surface area contributed by atoms with Crippen molar-refractivity contribution in [1.29, 1.82) is 0 Å². The van der Waals surface area contributed by atoms with Crippen molar-refractivity contribution in [2.75, 3.05) is 19.0 Å². The van der Waals surface area contributed by atoms with E-state index in [0.717, 1.165) is 22.5 Å². The van der Waals surface area contributed by atoms with Crippen LogP contribution in [0.5, 0.6) is 5.75 Å². The molecular weight excluding hydrogens is 354 g/mol. The van der Waals surface area contributed by atoms with Gasteiger partial charge in [-0.05, 0) is 48.7 Å². The quantitative estimate of drug-likeness (QED) is 0.682. The number of aromatic hydroxyl groups is 1. The van der Waals surface area contributed by atoms with Gasteiger partial charge in [0.1, 0.15) is 11.3 Å². The summed E-state index contributed by atoms with van der Waals surface area (Å²) < 4.78 is 5.27. The molecule has 2 heterocycles. The SMILES string of the molecule is Cc1cc2oc(=O)cc(C)c2c(O)c1C1=NN[C@@H](c2ccc(N(C)C)cc2)C1. The Morgan fingerprint density at radius 3 is 2.54 bits per heavy atom. The van der Waals surface area contributed by atoms with E-state index >= 15 is 0 Å². The van der Waals surface area contributed by atoms with Gasteiger partial charge < -0.3 is 19.8 Å². The fourth-order valence-electron chi connectivity index (χ4n) is 3.78. The van der Waals surface area contributed by atoms with Gasteiger partial charge in [0.05, 0.1) is 17.1 Å². The normalized spacial score (nSPS) is 16.1. The monoisotopic (exact) mass is 377 g/mol. The van der Waals surface area contributed by atoms with Crippen LogP contribution in [0.25, 0.3) is 11.0 Å². The molecule has 0 spiro atoms. The van der Waals surface area contributed by atoms with Gasteiger partial charge >= 0.3 is 5.63 Å². The molecule has 2 N–H and O–H groups in total. The first-order valence-corrected chi connectivity index (χ1v) is 9.22. The summed E-state index contributed by atoms with van der Waals surface area (Å²) in [6.45, 7) is 3.68. The Morgan fingerprint density at radius 1 is 1.14 bits per heavy atom. The highest BCUT2D eigenvalue weighted by Crippen LogP contribution is 2.36. The molecule has 0 saturated heterocycles. The minimum atomic E-state index is -0.419. The number of hydrogen-bond acceptors (Lipinski definition) is 6. The van der Waals surface area contributed by atoms with Crippen molar-refractivity contribution >= 4 is 22.4 Å². The minimum Gasteiger partial charge on any atom is -0.506 e. The highest BCUT2D eigenvalue weighted by molar-refractivity contribution is 6.09. The van der Waals surface area contributed by atoms with Gasteiger partial charge in [-0.15, -0.1) is 0 Å². The summed E-state index contributed by atoms with van der Waals surface area (Å²) >= 11 is 0. The second-order valence-electron chi connectivity index (χ2n) is 7.47. The Bertz CT molecular complexity index is 1140. The number of aryl methyl sites for hydroxylation is 2. The summed E-state index contributed by atoms with van der Waals surface area (Å²) in [6.07, 6.45) is 0.664. The average molecular weight is 377 g/mol. The Labute approximate surface area is 163 Å². The lowest BCUT2D eigenvalue weighted by molar-refractivity contribution is 0.476. The number of phenols is 1. The Kier molecular flexibility index (Phi) is 4.34. The van der Waals surface area contributed by atoms with Gasteiger partial charge in [0.15, 0.2) is 0 Å². The van der Waals surface area contributed by atoms with Crippen LogP contribution in [0.1, 0.15) is 34.7 Å². The smallest absolute Gasteiger partial charge is 0.336 e. The van der Waals surface area contributed by atoms with Crippen molar-refractivity contribution in [2.24, 2.45) is 5.10 Å². The fraction of sp³-hybridized carbons (Fsp3) is 0.273. The molecule has 0 amide bonds. The predicted octanol–water partition coefficient (Wildman–Crippen LogP) is 3.62. The molecule has 1 atom stereocenters. The first-order valence-electron chi connectivity index (χ1n) is 9.22. The molecule has 3 aromatic rings. The first kappa shape index (κ1) is 18.1. The van der Waals surface area contributed by atoms with E-state index in [9.17, 15) is 9.90 Å². The van der Waals surface area contributed by atoms with Crippen molar-refractivity contribution in [3.63, 3.8) is 0 Å². The Hall–Kier alpha value is -3.28. The molecule has 0 aliphatic carbocycles. The first-order chi connectivity index (χ1) is 13.3. The van der Waals surface area contributed by atoms with Crippen LogP contribution in [0.3, 0.4) is 0 Å². The van der Waals surface area contributed by atoms with Crippen molar-refractivity contribution in [2.45, 2.75) is 26.3 Å². The summed E-state index contributed by atoms with van der Waals surface area (Å²) in [5, 5.41) is 16.0. The van der Waals surface area contributed by atoms with Crippen LogP contribution in [0.2, 0.25) is 0 Å². The number of nitrogens with one attached hydrogen (secondary N) is 1. The zero-order chi connectivity index (χ0) is 20.0. The number of hydrogen-bond donors (Lipinski definition) is 2. The zero-order valence-corrected chi connectivity index (χ0v) is 16.4. The lowest BCUT2D eigenvalue weighted by Crippen LogP contribution is -2.12. The largest absolute Gasteiger partial charge is 0.506 e. The van der Waals surface area contributed by atoms with Gasteiger partial charge in [-0.25, -0.2) is 4.79 Å². The molecule has 1 aromatic heterocycles. The van der Waals surface area contributed by atoms with Crippen LogP contribution < -0.4 is 16.0 Å².